The number of hydrogen-bond donors (Lipinski definition) is 0. The van der Waals surface area contributed by atoms with Crippen LogP contribution in [-0.2, 0) is 0 Å². The van der Waals surface area contributed by atoms with Gasteiger partial charge in [-0.1, -0.05) is 109 Å². The first-order chi connectivity index (χ1) is 20.3. The van der Waals surface area contributed by atoms with Crippen molar-refractivity contribution >= 4 is 54.3 Å². The molecule has 0 aliphatic heterocycles. The molecule has 9 rings (SSSR count). The smallest absolute Gasteiger partial charge is 0.164 e. The van der Waals surface area contributed by atoms with Crippen LogP contribution in [0.1, 0.15) is 0 Å². The summed E-state index contributed by atoms with van der Waals surface area (Å²) in [6.07, 6.45) is 0. The molecule has 0 aliphatic carbocycles. The van der Waals surface area contributed by atoms with Crippen molar-refractivity contribution in [2.75, 3.05) is 0 Å². The third kappa shape index (κ3) is 3.31. The van der Waals surface area contributed by atoms with Gasteiger partial charge in [-0.15, -0.1) is 0 Å². The standard InChI is InChI=1S/C37H21N3O/c1-3-9-23(10-4-1)35-38-36(24-11-5-2-6-12-24)40-37(39-35)25-18-17-22-19-20-27-26-13-7-15-30-33(26)34-28(32(27)29(22)21-25)14-8-16-31(34)41-30/h1-21H. The highest BCUT2D eigenvalue weighted by molar-refractivity contribution is 6.36. The van der Waals surface area contributed by atoms with Crippen molar-refractivity contribution in [3.05, 3.63) is 127 Å². The van der Waals surface area contributed by atoms with Gasteiger partial charge in [-0.25, -0.2) is 15.0 Å². The summed E-state index contributed by atoms with van der Waals surface area (Å²) in [6, 6.07) is 43.8. The zero-order valence-electron chi connectivity index (χ0n) is 21.9. The van der Waals surface area contributed by atoms with E-state index in [9.17, 15) is 0 Å². The van der Waals surface area contributed by atoms with Crippen LogP contribution in [0.15, 0.2) is 132 Å². The van der Waals surface area contributed by atoms with E-state index in [1.165, 1.54) is 43.1 Å². The Bertz CT molecular complexity index is 2350. The van der Waals surface area contributed by atoms with Crippen molar-refractivity contribution < 1.29 is 4.42 Å². The maximum absolute atomic E-state index is 6.27. The summed E-state index contributed by atoms with van der Waals surface area (Å²) in [4.78, 5) is 14.8. The Morgan fingerprint density at radius 1 is 0.366 bits per heavy atom. The molecule has 2 aromatic heterocycles. The van der Waals surface area contributed by atoms with E-state index in [0.717, 1.165) is 27.9 Å². The average molecular weight is 524 g/mol. The molecule has 0 N–H and O–H groups in total. The number of fused-ring (bicyclic) bond motifs is 5. The van der Waals surface area contributed by atoms with Gasteiger partial charge in [-0.05, 0) is 50.5 Å². The first-order valence-corrected chi connectivity index (χ1v) is 13.7. The fraction of sp³-hybridized carbons (Fsp3) is 0. The molecule has 4 heteroatoms. The van der Waals surface area contributed by atoms with Crippen LogP contribution in [0.4, 0.5) is 0 Å². The topological polar surface area (TPSA) is 51.8 Å². The minimum absolute atomic E-state index is 0.650. The van der Waals surface area contributed by atoms with Crippen LogP contribution >= 0.6 is 0 Å². The van der Waals surface area contributed by atoms with Gasteiger partial charge in [0.25, 0.3) is 0 Å². The van der Waals surface area contributed by atoms with Crippen molar-refractivity contribution in [3.63, 3.8) is 0 Å². The van der Waals surface area contributed by atoms with E-state index in [-0.39, 0.29) is 0 Å². The van der Waals surface area contributed by atoms with Gasteiger partial charge in [-0.3, -0.25) is 0 Å². The molecule has 4 nitrogen and oxygen atoms in total. The lowest BCUT2D eigenvalue weighted by Crippen LogP contribution is -2.00. The Labute approximate surface area is 234 Å². The van der Waals surface area contributed by atoms with Crippen LogP contribution in [-0.4, -0.2) is 15.0 Å². The maximum Gasteiger partial charge on any atom is 0.164 e. The molecule has 0 amide bonds. The quantitative estimate of drug-likeness (QED) is 0.216. The average Bonchev–Trinajstić information content (AvgIpc) is 3.44. The predicted molar refractivity (Wildman–Crippen MR) is 167 cm³/mol. The highest BCUT2D eigenvalue weighted by Crippen LogP contribution is 2.44. The minimum atomic E-state index is 0.650. The SMILES string of the molecule is c1ccc(-c2nc(-c3ccccc3)nc(-c3ccc4ccc5c6cccc7oc8cccc(c5c4c3)c8c76)n2)cc1. The van der Waals surface area contributed by atoms with Crippen LogP contribution < -0.4 is 0 Å². The van der Waals surface area contributed by atoms with Gasteiger partial charge in [0.15, 0.2) is 17.5 Å². The third-order valence-corrected chi connectivity index (χ3v) is 8.06. The van der Waals surface area contributed by atoms with E-state index in [2.05, 4.69) is 66.7 Å². The number of benzene rings is 7. The zero-order valence-corrected chi connectivity index (χ0v) is 21.9. The summed E-state index contributed by atoms with van der Waals surface area (Å²) in [5, 5.41) is 9.55. The summed E-state index contributed by atoms with van der Waals surface area (Å²) in [6.45, 7) is 0. The van der Waals surface area contributed by atoms with Crippen LogP contribution in [0.2, 0.25) is 0 Å². The normalized spacial score (nSPS) is 11.9. The van der Waals surface area contributed by atoms with Gasteiger partial charge in [0.2, 0.25) is 0 Å². The summed E-state index contributed by atoms with van der Waals surface area (Å²) < 4.78 is 6.27. The van der Waals surface area contributed by atoms with E-state index in [0.29, 0.717) is 17.5 Å². The molecule has 0 fully saturated rings. The molecule has 0 bridgehead atoms. The van der Waals surface area contributed by atoms with Gasteiger partial charge < -0.3 is 4.42 Å². The lowest BCUT2D eigenvalue weighted by atomic mass is 9.90. The zero-order chi connectivity index (χ0) is 26.9. The van der Waals surface area contributed by atoms with Crippen molar-refractivity contribution in [2.24, 2.45) is 0 Å². The summed E-state index contributed by atoms with van der Waals surface area (Å²) in [5.74, 6) is 1.96. The van der Waals surface area contributed by atoms with Crippen LogP contribution in [0.25, 0.3) is 88.4 Å². The number of aromatic nitrogens is 3. The van der Waals surface area contributed by atoms with Crippen molar-refractivity contribution in [2.45, 2.75) is 0 Å². The second kappa shape index (κ2) is 8.44. The largest absolute Gasteiger partial charge is 0.456 e. The summed E-state index contributed by atoms with van der Waals surface area (Å²) in [7, 11) is 0. The van der Waals surface area contributed by atoms with Gasteiger partial charge in [0, 0.05) is 27.5 Å². The molecular weight excluding hydrogens is 502 g/mol. The van der Waals surface area contributed by atoms with Crippen molar-refractivity contribution in [3.8, 4) is 34.2 Å². The van der Waals surface area contributed by atoms with Gasteiger partial charge in [-0.2, -0.15) is 0 Å². The predicted octanol–water partition coefficient (Wildman–Crippen LogP) is 9.67. The van der Waals surface area contributed by atoms with E-state index >= 15 is 0 Å². The van der Waals surface area contributed by atoms with E-state index in [4.69, 9.17) is 19.4 Å². The Morgan fingerprint density at radius 3 is 1.56 bits per heavy atom. The highest BCUT2D eigenvalue weighted by atomic mass is 16.3. The molecule has 0 spiro atoms. The molecular formula is C37H21N3O. The van der Waals surface area contributed by atoms with Crippen LogP contribution in [0, 0.1) is 0 Å². The second-order valence-corrected chi connectivity index (χ2v) is 10.4. The van der Waals surface area contributed by atoms with Gasteiger partial charge in [0.1, 0.15) is 11.2 Å². The Kier molecular flexibility index (Phi) is 4.58. The number of rotatable bonds is 3. The molecule has 0 saturated heterocycles. The highest BCUT2D eigenvalue weighted by Gasteiger charge is 2.19. The first-order valence-electron chi connectivity index (χ1n) is 13.7. The molecule has 7 aromatic carbocycles. The summed E-state index contributed by atoms with van der Waals surface area (Å²) in [5.41, 5.74) is 4.71. The molecule has 0 atom stereocenters. The second-order valence-electron chi connectivity index (χ2n) is 10.4. The summed E-state index contributed by atoms with van der Waals surface area (Å²) >= 11 is 0. The molecule has 0 unspecified atom stereocenters. The van der Waals surface area contributed by atoms with Crippen molar-refractivity contribution in [1.29, 1.82) is 0 Å². The van der Waals surface area contributed by atoms with E-state index in [1.54, 1.807) is 0 Å². The Morgan fingerprint density at radius 2 is 0.902 bits per heavy atom. The number of furan rings is 1. The van der Waals surface area contributed by atoms with E-state index < -0.39 is 0 Å². The molecule has 190 valence electrons. The Balaban J connectivity index is 1.36. The monoisotopic (exact) mass is 523 g/mol. The van der Waals surface area contributed by atoms with Crippen LogP contribution in [0.3, 0.4) is 0 Å². The Hall–Kier alpha value is -5.61. The molecule has 41 heavy (non-hydrogen) atoms. The number of nitrogens with zero attached hydrogens (tertiary/aromatic N) is 3. The van der Waals surface area contributed by atoms with Gasteiger partial charge in [0.05, 0.1) is 0 Å². The molecule has 0 saturated carbocycles. The fourth-order valence-electron chi connectivity index (χ4n) is 6.21. The lowest BCUT2D eigenvalue weighted by molar-refractivity contribution is 0.669. The fourth-order valence-corrected chi connectivity index (χ4v) is 6.21. The lowest BCUT2D eigenvalue weighted by Gasteiger charge is -2.13. The van der Waals surface area contributed by atoms with E-state index in [1.807, 2.05) is 60.7 Å². The molecule has 9 aromatic rings. The van der Waals surface area contributed by atoms with Gasteiger partial charge >= 0.3 is 0 Å². The maximum atomic E-state index is 6.27. The van der Waals surface area contributed by atoms with Crippen molar-refractivity contribution in [1.82, 2.24) is 15.0 Å². The van der Waals surface area contributed by atoms with Crippen LogP contribution in [0.5, 0.6) is 0 Å². The molecule has 0 radical (unpaired) electrons. The first kappa shape index (κ1) is 22.2. The molecule has 2 heterocycles. The minimum Gasteiger partial charge on any atom is -0.456 e. The number of hydrogen-bond acceptors (Lipinski definition) is 4. The molecule has 0 aliphatic rings. The third-order valence-electron chi connectivity index (χ3n) is 8.06.